The highest BCUT2D eigenvalue weighted by molar-refractivity contribution is 7.87. The van der Waals surface area contributed by atoms with Crippen molar-refractivity contribution in [2.24, 2.45) is 11.8 Å². The Balaban J connectivity index is 2.64. The summed E-state index contributed by atoms with van der Waals surface area (Å²) in [6, 6.07) is 0. The zero-order valence-electron chi connectivity index (χ0n) is 9.74. The Hall–Kier alpha value is -0.100. The highest BCUT2D eigenvalue weighted by Crippen LogP contribution is 2.22. The van der Waals surface area contributed by atoms with Crippen molar-refractivity contribution in [3.8, 4) is 0 Å². The predicted octanol–water partition coefficient (Wildman–Crippen LogP) is 1.55. The number of hydrogen-bond donors (Lipinski definition) is 1. The molecule has 4 nitrogen and oxygen atoms in total. The molecule has 1 aliphatic heterocycles. The van der Waals surface area contributed by atoms with Gasteiger partial charge in [0, 0.05) is 24.7 Å². The Labute approximate surface area is 103 Å². The van der Waals surface area contributed by atoms with Gasteiger partial charge >= 0.3 is 0 Å². The van der Waals surface area contributed by atoms with Crippen LogP contribution in [0.25, 0.3) is 0 Å². The van der Waals surface area contributed by atoms with Gasteiger partial charge in [0.05, 0.1) is 0 Å². The summed E-state index contributed by atoms with van der Waals surface area (Å²) >= 11 is 5.54. The lowest BCUT2D eigenvalue weighted by Crippen LogP contribution is -2.48. The van der Waals surface area contributed by atoms with Crippen LogP contribution in [0.2, 0.25) is 0 Å². The Morgan fingerprint density at radius 1 is 1.44 bits per heavy atom. The average molecular weight is 267 g/mol. The van der Waals surface area contributed by atoms with Crippen LogP contribution in [0.5, 0.6) is 0 Å². The van der Waals surface area contributed by atoms with E-state index < -0.39 is 10.2 Å². The molecule has 1 rings (SSSR count). The van der Waals surface area contributed by atoms with Crippen LogP contribution >= 0.6 is 11.6 Å². The molecule has 0 radical (unpaired) electrons. The van der Waals surface area contributed by atoms with E-state index in [1.807, 2.05) is 0 Å². The normalized spacial score (nSPS) is 27.9. The number of rotatable bonds is 4. The molecule has 0 aromatic rings. The highest BCUT2D eigenvalue weighted by Gasteiger charge is 2.29. The van der Waals surface area contributed by atoms with Crippen LogP contribution in [-0.2, 0) is 10.2 Å². The fourth-order valence-electron chi connectivity index (χ4n) is 2.06. The summed E-state index contributed by atoms with van der Waals surface area (Å²) in [6.45, 7) is 8.83. The van der Waals surface area contributed by atoms with Gasteiger partial charge in [0.2, 0.25) is 0 Å². The van der Waals surface area contributed by atoms with Gasteiger partial charge in [-0.2, -0.15) is 17.4 Å². The van der Waals surface area contributed by atoms with E-state index in [-0.39, 0.29) is 6.54 Å². The summed E-state index contributed by atoms with van der Waals surface area (Å²) in [5, 5.41) is 0.293. The van der Waals surface area contributed by atoms with Gasteiger partial charge < -0.3 is 0 Å². The summed E-state index contributed by atoms with van der Waals surface area (Å²) in [7, 11) is -3.41. The summed E-state index contributed by atoms with van der Waals surface area (Å²) < 4.78 is 27.7. The van der Waals surface area contributed by atoms with E-state index in [0.29, 0.717) is 30.0 Å². The summed E-state index contributed by atoms with van der Waals surface area (Å²) in [4.78, 5) is 0. The molecular weight excluding hydrogens is 248 g/mol. The van der Waals surface area contributed by atoms with Gasteiger partial charge in [-0.3, -0.25) is 0 Å². The van der Waals surface area contributed by atoms with Gasteiger partial charge in [0.1, 0.15) is 0 Å². The zero-order valence-corrected chi connectivity index (χ0v) is 11.3. The van der Waals surface area contributed by atoms with Crippen LogP contribution in [-0.4, -0.2) is 32.4 Å². The molecule has 94 valence electrons. The quantitative estimate of drug-likeness (QED) is 0.839. The van der Waals surface area contributed by atoms with E-state index in [9.17, 15) is 8.42 Å². The van der Waals surface area contributed by atoms with Crippen LogP contribution in [0.15, 0.2) is 11.6 Å². The van der Waals surface area contributed by atoms with Crippen molar-refractivity contribution in [3.63, 3.8) is 0 Å². The minimum Gasteiger partial charge on any atom is -0.197 e. The lowest BCUT2D eigenvalue weighted by Gasteiger charge is -2.33. The van der Waals surface area contributed by atoms with Gasteiger partial charge in [-0.05, 0) is 18.3 Å². The van der Waals surface area contributed by atoms with E-state index >= 15 is 0 Å². The molecule has 0 aliphatic carbocycles. The molecule has 0 aromatic carbocycles. The lowest BCUT2D eigenvalue weighted by atomic mass is 9.94. The van der Waals surface area contributed by atoms with Crippen molar-refractivity contribution >= 4 is 21.8 Å². The second-order valence-corrected chi connectivity index (χ2v) is 6.90. The molecule has 1 N–H and O–H groups in total. The number of nitrogens with zero attached hydrogens (tertiary/aromatic N) is 1. The summed E-state index contributed by atoms with van der Waals surface area (Å²) in [5.41, 5.74) is 0. The van der Waals surface area contributed by atoms with Gasteiger partial charge in [0.15, 0.2) is 0 Å². The second-order valence-electron chi connectivity index (χ2n) is 4.61. The van der Waals surface area contributed by atoms with Crippen LogP contribution in [0.3, 0.4) is 0 Å². The first-order valence-electron chi connectivity index (χ1n) is 5.39. The molecule has 1 aliphatic rings. The molecule has 2 unspecified atom stereocenters. The van der Waals surface area contributed by atoms with Crippen LogP contribution in [0, 0.1) is 11.8 Å². The van der Waals surface area contributed by atoms with Crippen LogP contribution < -0.4 is 4.72 Å². The smallest absolute Gasteiger partial charge is 0.197 e. The van der Waals surface area contributed by atoms with Gasteiger partial charge in [-0.25, -0.2) is 0 Å². The third kappa shape index (κ3) is 4.05. The van der Waals surface area contributed by atoms with Gasteiger partial charge in [-0.15, -0.1) is 0 Å². The minimum absolute atomic E-state index is 0.0865. The Kier molecular flexibility index (Phi) is 4.79. The fraction of sp³-hybridized carbons (Fsp3) is 0.800. The number of halogens is 1. The third-order valence-electron chi connectivity index (χ3n) is 2.62. The van der Waals surface area contributed by atoms with Crippen molar-refractivity contribution in [2.45, 2.75) is 20.3 Å². The number of hydrogen-bond acceptors (Lipinski definition) is 2. The molecule has 1 heterocycles. The molecule has 0 aromatic heterocycles. The summed E-state index contributed by atoms with van der Waals surface area (Å²) in [6.07, 6.45) is 1.08. The van der Waals surface area contributed by atoms with E-state index in [1.54, 1.807) is 0 Å². The van der Waals surface area contributed by atoms with Crippen molar-refractivity contribution in [1.82, 2.24) is 9.03 Å². The molecule has 0 amide bonds. The van der Waals surface area contributed by atoms with E-state index in [2.05, 4.69) is 25.1 Å². The van der Waals surface area contributed by atoms with Crippen molar-refractivity contribution < 1.29 is 8.42 Å². The third-order valence-corrected chi connectivity index (χ3v) is 4.24. The van der Waals surface area contributed by atoms with Crippen molar-refractivity contribution in [1.29, 1.82) is 0 Å². The largest absolute Gasteiger partial charge is 0.279 e. The predicted molar refractivity (Wildman–Crippen MR) is 66.4 cm³/mol. The SMILES string of the molecule is C=C(Cl)CNS(=O)(=O)N1CC(C)CC(C)C1. The molecule has 2 atom stereocenters. The molecule has 1 saturated heterocycles. The Morgan fingerprint density at radius 2 is 1.94 bits per heavy atom. The molecule has 1 fully saturated rings. The fourth-order valence-corrected chi connectivity index (χ4v) is 3.65. The van der Waals surface area contributed by atoms with Crippen molar-refractivity contribution in [2.75, 3.05) is 19.6 Å². The first kappa shape index (κ1) is 14.0. The van der Waals surface area contributed by atoms with Gasteiger partial charge in [-0.1, -0.05) is 32.0 Å². The molecule has 6 heteroatoms. The maximum Gasteiger partial charge on any atom is 0.279 e. The van der Waals surface area contributed by atoms with Crippen LogP contribution in [0.1, 0.15) is 20.3 Å². The molecule has 0 spiro atoms. The topological polar surface area (TPSA) is 49.4 Å². The highest BCUT2D eigenvalue weighted by atomic mass is 35.5. The first-order chi connectivity index (χ1) is 7.31. The monoisotopic (exact) mass is 266 g/mol. The van der Waals surface area contributed by atoms with Crippen LogP contribution in [0.4, 0.5) is 0 Å². The maximum atomic E-state index is 11.9. The molecular formula is C10H19ClN2O2S. The number of piperidine rings is 1. The number of nitrogens with one attached hydrogen (secondary N) is 1. The Morgan fingerprint density at radius 3 is 2.38 bits per heavy atom. The maximum absolute atomic E-state index is 11.9. The van der Waals surface area contributed by atoms with E-state index in [1.165, 1.54) is 4.31 Å². The molecule has 0 bridgehead atoms. The van der Waals surface area contributed by atoms with E-state index in [4.69, 9.17) is 11.6 Å². The van der Waals surface area contributed by atoms with Crippen molar-refractivity contribution in [3.05, 3.63) is 11.6 Å². The standard InChI is InChI=1S/C10H19ClN2O2S/c1-8-4-9(2)7-13(6-8)16(14,15)12-5-10(3)11/h8-9,12H,3-7H2,1-2H3. The van der Waals surface area contributed by atoms with E-state index in [0.717, 1.165) is 6.42 Å². The van der Waals surface area contributed by atoms with Gasteiger partial charge in [0.25, 0.3) is 10.2 Å². The molecule has 0 saturated carbocycles. The lowest BCUT2D eigenvalue weighted by molar-refractivity contribution is 0.221. The molecule has 16 heavy (non-hydrogen) atoms. The Bertz CT molecular complexity index is 346. The average Bonchev–Trinajstić information content (AvgIpc) is 2.13. The minimum atomic E-state index is -3.41. The first-order valence-corrected chi connectivity index (χ1v) is 7.21. The summed E-state index contributed by atoms with van der Waals surface area (Å²) in [5.74, 6) is 0.805. The zero-order chi connectivity index (χ0) is 12.3. The second kappa shape index (κ2) is 5.49.